The van der Waals surface area contributed by atoms with Crippen LogP contribution in [0.4, 0.5) is 5.69 Å². The van der Waals surface area contributed by atoms with Gasteiger partial charge in [-0.15, -0.1) is 0 Å². The van der Waals surface area contributed by atoms with Crippen LogP contribution in [-0.2, 0) is 14.6 Å². The van der Waals surface area contributed by atoms with Gasteiger partial charge in [-0.2, -0.15) is 0 Å². The molecule has 116 valence electrons. The van der Waals surface area contributed by atoms with Gasteiger partial charge in [0.05, 0.1) is 10.6 Å². The van der Waals surface area contributed by atoms with E-state index in [-0.39, 0.29) is 34.1 Å². The van der Waals surface area contributed by atoms with Gasteiger partial charge in [0.1, 0.15) is 5.75 Å². The molecule has 6 nitrogen and oxygen atoms in total. The van der Waals surface area contributed by atoms with E-state index in [4.69, 9.17) is 5.73 Å². The van der Waals surface area contributed by atoms with Crippen molar-refractivity contribution in [1.82, 2.24) is 0 Å². The molecule has 0 heterocycles. The molecule has 7 heteroatoms. The molecule has 1 aliphatic carbocycles. The molecule has 2 unspecified atom stereocenters. The molecule has 1 amide bonds. The summed E-state index contributed by atoms with van der Waals surface area (Å²) in [4.78, 5) is 12.3. The number of hydrogen-bond acceptors (Lipinski definition) is 5. The number of carbonyl (C=O) groups excluding carboxylic acids is 1. The summed E-state index contributed by atoms with van der Waals surface area (Å²) in [5, 5.41) is 12.4. The second-order valence-corrected chi connectivity index (χ2v) is 7.49. The van der Waals surface area contributed by atoms with Gasteiger partial charge in [0.2, 0.25) is 5.91 Å². The number of amides is 1. The van der Waals surface area contributed by atoms with Crippen molar-refractivity contribution in [3.05, 3.63) is 18.2 Å². The summed E-state index contributed by atoms with van der Waals surface area (Å²) in [6, 6.07) is 3.84. The van der Waals surface area contributed by atoms with Crippen LogP contribution >= 0.6 is 0 Å². The van der Waals surface area contributed by atoms with Crippen molar-refractivity contribution in [3.63, 3.8) is 0 Å². The van der Waals surface area contributed by atoms with Crippen LogP contribution in [0, 0.1) is 11.8 Å². The zero-order chi connectivity index (χ0) is 15.6. The Morgan fingerprint density at radius 3 is 2.76 bits per heavy atom. The molecule has 2 atom stereocenters. The van der Waals surface area contributed by atoms with Crippen LogP contribution < -0.4 is 11.1 Å². The van der Waals surface area contributed by atoms with Crippen molar-refractivity contribution >= 4 is 21.4 Å². The van der Waals surface area contributed by atoms with Crippen molar-refractivity contribution in [2.24, 2.45) is 17.6 Å². The van der Waals surface area contributed by atoms with Gasteiger partial charge in [0.15, 0.2) is 9.84 Å². The quantitative estimate of drug-likeness (QED) is 0.721. The molecule has 1 aliphatic rings. The number of benzene rings is 1. The molecule has 0 bridgehead atoms. The fourth-order valence-corrected chi connectivity index (χ4v) is 3.38. The minimum atomic E-state index is -3.39. The number of phenols is 1. The Bertz CT molecular complexity index is 642. The molecule has 1 aromatic carbocycles. The van der Waals surface area contributed by atoms with E-state index in [1.165, 1.54) is 18.2 Å². The minimum absolute atomic E-state index is 0.0531. The Labute approximate surface area is 124 Å². The summed E-state index contributed by atoms with van der Waals surface area (Å²) in [7, 11) is -3.39. The first kappa shape index (κ1) is 15.8. The van der Waals surface area contributed by atoms with Gasteiger partial charge < -0.3 is 16.2 Å². The molecular weight excluding hydrogens is 292 g/mol. The highest BCUT2D eigenvalue weighted by Gasteiger charge is 2.32. The van der Waals surface area contributed by atoms with E-state index in [2.05, 4.69) is 5.32 Å². The summed E-state index contributed by atoms with van der Waals surface area (Å²) in [5.74, 6) is -0.413. The predicted molar refractivity (Wildman–Crippen MR) is 79.7 cm³/mol. The molecule has 4 N–H and O–H groups in total. The van der Waals surface area contributed by atoms with Gasteiger partial charge in [0.25, 0.3) is 0 Å². The van der Waals surface area contributed by atoms with Crippen LogP contribution in [0.3, 0.4) is 0 Å². The van der Waals surface area contributed by atoms with Gasteiger partial charge in [-0.25, -0.2) is 8.42 Å². The highest BCUT2D eigenvalue weighted by Crippen LogP contribution is 2.33. The number of nitrogens with two attached hydrogens (primary N) is 1. The zero-order valence-electron chi connectivity index (χ0n) is 11.9. The van der Waals surface area contributed by atoms with Crippen LogP contribution in [0.5, 0.6) is 5.75 Å². The van der Waals surface area contributed by atoms with Crippen LogP contribution in [0.15, 0.2) is 23.1 Å². The van der Waals surface area contributed by atoms with Crippen LogP contribution in [0.2, 0.25) is 0 Å². The Kier molecular flexibility index (Phi) is 4.53. The standard InChI is InChI=1S/C14H20N2O4S/c1-21(19,20)10-5-6-13(17)12(7-10)16-14(18)11-4-2-3-9(11)8-15/h5-7,9,11,17H,2-4,8,15H2,1H3,(H,16,18). The van der Waals surface area contributed by atoms with Crippen molar-refractivity contribution < 1.29 is 18.3 Å². The van der Waals surface area contributed by atoms with Gasteiger partial charge in [0, 0.05) is 12.2 Å². The second-order valence-electron chi connectivity index (χ2n) is 5.47. The molecule has 1 aromatic rings. The summed E-state index contributed by atoms with van der Waals surface area (Å²) in [6.07, 6.45) is 3.71. The molecule has 1 fully saturated rings. The lowest BCUT2D eigenvalue weighted by atomic mass is 9.95. The summed E-state index contributed by atoms with van der Waals surface area (Å²) < 4.78 is 23.1. The van der Waals surface area contributed by atoms with Gasteiger partial charge >= 0.3 is 0 Å². The smallest absolute Gasteiger partial charge is 0.227 e. The Balaban J connectivity index is 2.21. The molecule has 1 saturated carbocycles. The zero-order valence-corrected chi connectivity index (χ0v) is 12.7. The Morgan fingerprint density at radius 2 is 2.14 bits per heavy atom. The van der Waals surface area contributed by atoms with Crippen molar-refractivity contribution in [1.29, 1.82) is 0 Å². The Morgan fingerprint density at radius 1 is 1.43 bits per heavy atom. The average molecular weight is 312 g/mol. The van der Waals surface area contributed by atoms with Crippen LogP contribution in [-0.4, -0.2) is 32.2 Å². The van der Waals surface area contributed by atoms with Crippen LogP contribution in [0.1, 0.15) is 19.3 Å². The first-order valence-corrected chi connectivity index (χ1v) is 8.76. The molecule has 0 saturated heterocycles. The lowest BCUT2D eigenvalue weighted by Crippen LogP contribution is -2.29. The SMILES string of the molecule is CS(=O)(=O)c1ccc(O)c(NC(=O)C2CCCC2CN)c1. The topological polar surface area (TPSA) is 109 Å². The van der Waals surface area contributed by atoms with Crippen LogP contribution in [0.25, 0.3) is 0 Å². The van der Waals surface area contributed by atoms with Crippen molar-refractivity contribution in [2.45, 2.75) is 24.2 Å². The third kappa shape index (κ3) is 3.54. The maximum absolute atomic E-state index is 12.3. The first-order chi connectivity index (χ1) is 9.82. The number of phenolic OH excluding ortho intramolecular Hbond substituents is 1. The van der Waals surface area contributed by atoms with Gasteiger partial charge in [-0.1, -0.05) is 6.42 Å². The number of sulfone groups is 1. The lowest BCUT2D eigenvalue weighted by molar-refractivity contribution is -0.120. The number of rotatable bonds is 4. The summed E-state index contributed by atoms with van der Waals surface area (Å²) in [6.45, 7) is 0.452. The predicted octanol–water partition coefficient (Wildman–Crippen LogP) is 1.11. The number of anilines is 1. The maximum atomic E-state index is 12.3. The van der Waals surface area contributed by atoms with E-state index in [0.717, 1.165) is 25.5 Å². The number of hydrogen-bond donors (Lipinski definition) is 3. The number of carbonyl (C=O) groups is 1. The number of aromatic hydroxyl groups is 1. The molecule has 21 heavy (non-hydrogen) atoms. The first-order valence-electron chi connectivity index (χ1n) is 6.87. The van der Waals surface area contributed by atoms with E-state index in [9.17, 15) is 18.3 Å². The fourth-order valence-electron chi connectivity index (χ4n) is 2.74. The molecule has 0 radical (unpaired) electrons. The molecular formula is C14H20N2O4S. The van der Waals surface area contributed by atoms with E-state index >= 15 is 0 Å². The highest BCUT2D eigenvalue weighted by atomic mass is 32.2. The molecule has 0 aliphatic heterocycles. The molecule has 0 spiro atoms. The molecule has 0 aromatic heterocycles. The maximum Gasteiger partial charge on any atom is 0.227 e. The molecule has 2 rings (SSSR count). The van der Waals surface area contributed by atoms with Gasteiger partial charge in [-0.3, -0.25) is 4.79 Å². The van der Waals surface area contributed by atoms with E-state index in [1.807, 2.05) is 0 Å². The summed E-state index contributed by atoms with van der Waals surface area (Å²) >= 11 is 0. The largest absolute Gasteiger partial charge is 0.506 e. The fraction of sp³-hybridized carbons (Fsp3) is 0.500. The third-order valence-corrected chi connectivity index (χ3v) is 5.06. The average Bonchev–Trinajstić information content (AvgIpc) is 2.88. The highest BCUT2D eigenvalue weighted by molar-refractivity contribution is 7.90. The normalized spacial score (nSPS) is 22.2. The minimum Gasteiger partial charge on any atom is -0.506 e. The monoisotopic (exact) mass is 312 g/mol. The van der Waals surface area contributed by atoms with Gasteiger partial charge in [-0.05, 0) is 43.5 Å². The third-order valence-electron chi connectivity index (χ3n) is 3.95. The second kappa shape index (κ2) is 6.03. The van der Waals surface area contributed by atoms with E-state index in [1.54, 1.807) is 0 Å². The lowest BCUT2D eigenvalue weighted by Gasteiger charge is -2.18. The van der Waals surface area contributed by atoms with E-state index in [0.29, 0.717) is 6.54 Å². The van der Waals surface area contributed by atoms with E-state index < -0.39 is 9.84 Å². The number of nitrogens with one attached hydrogen (secondary N) is 1. The Hall–Kier alpha value is -1.60. The van der Waals surface area contributed by atoms with Crippen molar-refractivity contribution in [2.75, 3.05) is 18.1 Å². The van der Waals surface area contributed by atoms with Crippen molar-refractivity contribution in [3.8, 4) is 5.75 Å². The summed E-state index contributed by atoms with van der Waals surface area (Å²) in [5.41, 5.74) is 5.77.